The molecule has 94 valence electrons. The van der Waals surface area contributed by atoms with Crippen molar-refractivity contribution < 1.29 is 4.74 Å². The maximum absolute atomic E-state index is 6.59. The van der Waals surface area contributed by atoms with Crippen molar-refractivity contribution >= 4 is 0 Å². The highest BCUT2D eigenvalue weighted by molar-refractivity contribution is 5.30. The summed E-state index contributed by atoms with van der Waals surface area (Å²) >= 11 is 0. The molecule has 1 fully saturated rings. The summed E-state index contributed by atoms with van der Waals surface area (Å²) < 4.78 is 5.50. The molecule has 1 aliphatic rings. The van der Waals surface area contributed by atoms with Gasteiger partial charge in [0.05, 0.1) is 12.8 Å². The minimum Gasteiger partial charge on any atom is -0.492 e. The molecule has 2 atom stereocenters. The first-order valence-electron chi connectivity index (χ1n) is 6.54. The Morgan fingerprint density at radius 3 is 3.00 bits per heavy atom. The zero-order valence-corrected chi connectivity index (χ0v) is 10.8. The molecule has 3 heteroatoms. The number of rotatable bonds is 3. The van der Waals surface area contributed by atoms with Crippen LogP contribution in [-0.4, -0.2) is 11.6 Å². The van der Waals surface area contributed by atoms with E-state index in [1.54, 1.807) is 6.20 Å². The molecule has 0 aliphatic heterocycles. The van der Waals surface area contributed by atoms with Crippen LogP contribution in [0, 0.1) is 5.92 Å². The van der Waals surface area contributed by atoms with Gasteiger partial charge in [-0.05, 0) is 37.3 Å². The van der Waals surface area contributed by atoms with E-state index < -0.39 is 0 Å². The van der Waals surface area contributed by atoms with Crippen LogP contribution in [0.15, 0.2) is 18.5 Å². The van der Waals surface area contributed by atoms with E-state index in [0.717, 1.165) is 17.7 Å². The molecule has 3 nitrogen and oxygen atoms in total. The second-order valence-electron chi connectivity index (χ2n) is 5.03. The van der Waals surface area contributed by atoms with Crippen molar-refractivity contribution in [1.82, 2.24) is 4.98 Å². The van der Waals surface area contributed by atoms with Gasteiger partial charge in [-0.3, -0.25) is 4.98 Å². The third-order valence-electron chi connectivity index (χ3n) is 3.92. The monoisotopic (exact) mass is 234 g/mol. The summed E-state index contributed by atoms with van der Waals surface area (Å²) in [4.78, 5) is 4.25. The van der Waals surface area contributed by atoms with Crippen LogP contribution in [0.25, 0.3) is 0 Å². The summed E-state index contributed by atoms with van der Waals surface area (Å²) in [7, 11) is 0. The molecule has 17 heavy (non-hydrogen) atoms. The second-order valence-corrected chi connectivity index (χ2v) is 5.03. The first-order valence-corrected chi connectivity index (χ1v) is 6.54. The zero-order valence-electron chi connectivity index (χ0n) is 10.8. The van der Waals surface area contributed by atoms with E-state index in [0.29, 0.717) is 12.5 Å². The summed E-state index contributed by atoms with van der Waals surface area (Å²) in [5.41, 5.74) is 7.49. The Balaban J connectivity index is 2.28. The molecular formula is C14H22N2O. The normalized spacial score (nSPS) is 29.0. The molecule has 1 aliphatic carbocycles. The summed E-state index contributed by atoms with van der Waals surface area (Å²) in [5, 5.41) is 0. The fourth-order valence-electron chi connectivity index (χ4n) is 2.72. The van der Waals surface area contributed by atoms with E-state index in [-0.39, 0.29) is 5.54 Å². The van der Waals surface area contributed by atoms with Crippen LogP contribution < -0.4 is 10.5 Å². The average molecular weight is 234 g/mol. The molecule has 0 spiro atoms. The van der Waals surface area contributed by atoms with Crippen molar-refractivity contribution in [3.05, 3.63) is 24.0 Å². The van der Waals surface area contributed by atoms with Gasteiger partial charge in [-0.2, -0.15) is 0 Å². The van der Waals surface area contributed by atoms with Crippen molar-refractivity contribution in [1.29, 1.82) is 0 Å². The van der Waals surface area contributed by atoms with E-state index in [2.05, 4.69) is 18.0 Å². The predicted octanol–water partition coefficient (Wildman–Crippen LogP) is 2.84. The maximum Gasteiger partial charge on any atom is 0.137 e. The highest BCUT2D eigenvalue weighted by Crippen LogP contribution is 2.39. The lowest BCUT2D eigenvalue weighted by Crippen LogP contribution is -2.45. The average Bonchev–Trinajstić information content (AvgIpc) is 2.34. The Kier molecular flexibility index (Phi) is 3.67. The van der Waals surface area contributed by atoms with Crippen molar-refractivity contribution in [2.24, 2.45) is 11.7 Å². The van der Waals surface area contributed by atoms with Crippen LogP contribution in [0.4, 0.5) is 0 Å². The first-order chi connectivity index (χ1) is 8.16. The van der Waals surface area contributed by atoms with E-state index >= 15 is 0 Å². The molecule has 2 N–H and O–H groups in total. The number of hydrogen-bond donors (Lipinski definition) is 1. The highest BCUT2D eigenvalue weighted by Gasteiger charge is 2.36. The molecule has 1 saturated carbocycles. The number of nitrogens with zero attached hydrogens (tertiary/aromatic N) is 1. The molecule has 0 radical (unpaired) electrons. The van der Waals surface area contributed by atoms with Crippen LogP contribution in [0.1, 0.15) is 45.1 Å². The maximum atomic E-state index is 6.59. The van der Waals surface area contributed by atoms with Crippen LogP contribution in [-0.2, 0) is 5.54 Å². The molecule has 1 heterocycles. The standard InChI is InChI=1S/C14H22N2O/c1-3-17-13-8-12(9-16-10-13)14(15)7-5-4-6-11(14)2/h8-11H,3-7,15H2,1-2H3. The van der Waals surface area contributed by atoms with E-state index in [4.69, 9.17) is 10.5 Å². The molecule has 1 aromatic rings. The van der Waals surface area contributed by atoms with Gasteiger partial charge >= 0.3 is 0 Å². The Hall–Kier alpha value is -1.09. The van der Waals surface area contributed by atoms with Gasteiger partial charge in [0.25, 0.3) is 0 Å². The van der Waals surface area contributed by atoms with Crippen LogP contribution in [0.5, 0.6) is 5.75 Å². The highest BCUT2D eigenvalue weighted by atomic mass is 16.5. The minimum absolute atomic E-state index is 0.224. The fraction of sp³-hybridized carbons (Fsp3) is 0.643. The predicted molar refractivity (Wildman–Crippen MR) is 68.9 cm³/mol. The van der Waals surface area contributed by atoms with Gasteiger partial charge in [-0.25, -0.2) is 0 Å². The number of ether oxygens (including phenoxy) is 1. The Bertz CT molecular complexity index is 380. The van der Waals surface area contributed by atoms with Gasteiger partial charge in [0.2, 0.25) is 0 Å². The fourth-order valence-corrected chi connectivity index (χ4v) is 2.72. The number of nitrogens with two attached hydrogens (primary N) is 1. The summed E-state index contributed by atoms with van der Waals surface area (Å²) in [5.74, 6) is 1.34. The van der Waals surface area contributed by atoms with Crippen LogP contribution in [0.2, 0.25) is 0 Å². The smallest absolute Gasteiger partial charge is 0.137 e. The van der Waals surface area contributed by atoms with Crippen LogP contribution in [0.3, 0.4) is 0 Å². The van der Waals surface area contributed by atoms with Gasteiger partial charge in [0.15, 0.2) is 0 Å². The minimum atomic E-state index is -0.224. The molecule has 0 saturated heterocycles. The van der Waals surface area contributed by atoms with Gasteiger partial charge in [-0.1, -0.05) is 19.8 Å². The SMILES string of the molecule is CCOc1cncc(C2(N)CCCCC2C)c1. The van der Waals surface area contributed by atoms with Gasteiger partial charge in [0, 0.05) is 11.7 Å². The quantitative estimate of drug-likeness (QED) is 0.874. The lowest BCUT2D eigenvalue weighted by atomic mass is 9.71. The summed E-state index contributed by atoms with van der Waals surface area (Å²) in [6, 6.07) is 2.05. The topological polar surface area (TPSA) is 48.1 Å². The number of hydrogen-bond acceptors (Lipinski definition) is 3. The Morgan fingerprint density at radius 1 is 1.47 bits per heavy atom. The van der Waals surface area contributed by atoms with Crippen molar-refractivity contribution in [2.75, 3.05) is 6.61 Å². The number of aromatic nitrogens is 1. The molecule has 0 amide bonds. The Labute approximate surface area is 103 Å². The first kappa shape index (κ1) is 12.4. The lowest BCUT2D eigenvalue weighted by molar-refractivity contribution is 0.205. The lowest BCUT2D eigenvalue weighted by Gasteiger charge is -2.39. The molecule has 0 bridgehead atoms. The van der Waals surface area contributed by atoms with Crippen LogP contribution >= 0.6 is 0 Å². The third kappa shape index (κ3) is 2.44. The van der Waals surface area contributed by atoms with E-state index in [1.807, 2.05) is 13.1 Å². The third-order valence-corrected chi connectivity index (χ3v) is 3.92. The van der Waals surface area contributed by atoms with Crippen molar-refractivity contribution in [3.63, 3.8) is 0 Å². The van der Waals surface area contributed by atoms with Gasteiger partial charge in [-0.15, -0.1) is 0 Å². The van der Waals surface area contributed by atoms with E-state index in [1.165, 1.54) is 19.3 Å². The zero-order chi connectivity index (χ0) is 12.3. The van der Waals surface area contributed by atoms with Gasteiger partial charge in [0.1, 0.15) is 5.75 Å². The van der Waals surface area contributed by atoms with Gasteiger partial charge < -0.3 is 10.5 Å². The summed E-state index contributed by atoms with van der Waals surface area (Å²) in [6.07, 6.45) is 8.40. The Morgan fingerprint density at radius 2 is 2.29 bits per heavy atom. The van der Waals surface area contributed by atoms with Crippen molar-refractivity contribution in [2.45, 2.75) is 45.1 Å². The summed E-state index contributed by atoms with van der Waals surface area (Å²) in [6.45, 7) is 4.89. The molecule has 2 rings (SSSR count). The molecule has 2 unspecified atom stereocenters. The molecular weight excluding hydrogens is 212 g/mol. The largest absolute Gasteiger partial charge is 0.492 e. The van der Waals surface area contributed by atoms with Crippen molar-refractivity contribution in [3.8, 4) is 5.75 Å². The van der Waals surface area contributed by atoms with E-state index in [9.17, 15) is 0 Å². The molecule has 1 aromatic heterocycles. The second kappa shape index (κ2) is 5.05. The number of pyridine rings is 1. The molecule has 0 aromatic carbocycles.